The Hall–Kier alpha value is -2.47. The summed E-state index contributed by atoms with van der Waals surface area (Å²) >= 11 is 0. The molecule has 0 aliphatic carbocycles. The number of aryl methyl sites for hydroxylation is 1. The Labute approximate surface area is 136 Å². The third-order valence-corrected chi connectivity index (χ3v) is 3.25. The minimum atomic E-state index is -0.185. The van der Waals surface area contributed by atoms with E-state index in [0.29, 0.717) is 31.3 Å². The molecule has 0 radical (unpaired) electrons. The van der Waals surface area contributed by atoms with E-state index in [4.69, 9.17) is 4.74 Å². The van der Waals surface area contributed by atoms with E-state index >= 15 is 0 Å². The van der Waals surface area contributed by atoms with Gasteiger partial charge in [0, 0.05) is 26.4 Å². The zero-order valence-electron chi connectivity index (χ0n) is 13.3. The first-order valence-electron chi connectivity index (χ1n) is 7.67. The van der Waals surface area contributed by atoms with Crippen LogP contribution in [0.5, 0.6) is 0 Å². The maximum Gasteiger partial charge on any atom is 0.270 e. The summed E-state index contributed by atoms with van der Waals surface area (Å²) in [5.74, 6) is 0.245. The Balaban J connectivity index is 1.75. The number of carbonyl (C=O) groups is 1. The molecule has 0 fully saturated rings. The number of aromatic nitrogens is 2. The second-order valence-electron chi connectivity index (χ2n) is 5.03. The highest BCUT2D eigenvalue weighted by molar-refractivity contribution is 5.92. The Morgan fingerprint density at radius 3 is 2.78 bits per heavy atom. The molecule has 1 amide bonds. The van der Waals surface area contributed by atoms with Crippen LogP contribution in [0.25, 0.3) is 0 Å². The van der Waals surface area contributed by atoms with Crippen LogP contribution in [-0.4, -0.2) is 42.7 Å². The Bertz CT molecular complexity index is 605. The first kappa shape index (κ1) is 16.9. The van der Waals surface area contributed by atoms with Crippen molar-refractivity contribution in [1.82, 2.24) is 15.3 Å². The van der Waals surface area contributed by atoms with E-state index in [0.717, 1.165) is 12.8 Å². The van der Waals surface area contributed by atoms with Gasteiger partial charge in [-0.3, -0.25) is 4.79 Å². The molecule has 6 heteroatoms. The van der Waals surface area contributed by atoms with Crippen LogP contribution in [0.15, 0.2) is 42.6 Å². The first-order valence-corrected chi connectivity index (χ1v) is 7.67. The van der Waals surface area contributed by atoms with Crippen molar-refractivity contribution in [1.29, 1.82) is 0 Å². The van der Waals surface area contributed by atoms with Gasteiger partial charge in [0.25, 0.3) is 5.91 Å². The van der Waals surface area contributed by atoms with Crippen LogP contribution in [0, 0.1) is 0 Å². The van der Waals surface area contributed by atoms with Crippen molar-refractivity contribution in [2.75, 3.05) is 32.1 Å². The summed E-state index contributed by atoms with van der Waals surface area (Å²) in [6.45, 7) is 1.77. The topological polar surface area (TPSA) is 76.1 Å². The lowest BCUT2D eigenvalue weighted by Gasteiger charge is -2.07. The minimum Gasteiger partial charge on any atom is -0.383 e. The molecule has 0 aliphatic heterocycles. The van der Waals surface area contributed by atoms with Crippen molar-refractivity contribution in [3.05, 3.63) is 53.9 Å². The van der Waals surface area contributed by atoms with Gasteiger partial charge in [-0.05, 0) is 24.5 Å². The Kier molecular flexibility index (Phi) is 7.00. The van der Waals surface area contributed by atoms with Gasteiger partial charge in [-0.25, -0.2) is 9.97 Å². The number of hydrogen-bond acceptors (Lipinski definition) is 5. The molecule has 1 aromatic heterocycles. The predicted molar refractivity (Wildman–Crippen MR) is 89.5 cm³/mol. The van der Waals surface area contributed by atoms with Crippen LogP contribution in [0.4, 0.5) is 5.95 Å². The van der Waals surface area contributed by atoms with Crippen LogP contribution in [0.3, 0.4) is 0 Å². The highest BCUT2D eigenvalue weighted by Crippen LogP contribution is 2.03. The fourth-order valence-corrected chi connectivity index (χ4v) is 2.06. The molecule has 0 bridgehead atoms. The molecule has 2 rings (SSSR count). The maximum absolute atomic E-state index is 12.1. The molecule has 1 aromatic carbocycles. The van der Waals surface area contributed by atoms with Crippen molar-refractivity contribution in [3.8, 4) is 0 Å². The van der Waals surface area contributed by atoms with Crippen molar-refractivity contribution in [2.24, 2.45) is 0 Å². The first-order chi connectivity index (χ1) is 11.3. The van der Waals surface area contributed by atoms with E-state index in [1.165, 1.54) is 5.56 Å². The monoisotopic (exact) mass is 314 g/mol. The summed E-state index contributed by atoms with van der Waals surface area (Å²) in [5.41, 5.74) is 1.63. The normalized spacial score (nSPS) is 10.3. The molecule has 1 heterocycles. The second kappa shape index (κ2) is 9.53. The lowest BCUT2D eigenvalue weighted by atomic mass is 10.1. The molecule has 0 atom stereocenters. The van der Waals surface area contributed by atoms with E-state index in [-0.39, 0.29) is 5.91 Å². The average Bonchev–Trinajstić information content (AvgIpc) is 2.60. The summed E-state index contributed by atoms with van der Waals surface area (Å²) in [6.07, 6.45) is 3.40. The predicted octanol–water partition coefficient (Wildman–Crippen LogP) is 1.90. The van der Waals surface area contributed by atoms with E-state index in [9.17, 15) is 4.79 Å². The van der Waals surface area contributed by atoms with Crippen molar-refractivity contribution >= 4 is 11.9 Å². The van der Waals surface area contributed by atoms with E-state index in [1.54, 1.807) is 19.4 Å². The summed E-state index contributed by atoms with van der Waals surface area (Å²) in [5, 5.41) is 5.88. The number of carbonyl (C=O) groups excluding carboxylic acids is 1. The molecule has 122 valence electrons. The molecule has 0 saturated carbocycles. The van der Waals surface area contributed by atoms with Gasteiger partial charge in [0.1, 0.15) is 5.69 Å². The van der Waals surface area contributed by atoms with Crippen LogP contribution in [-0.2, 0) is 11.2 Å². The standard InChI is InChI=1S/C17H22N4O2/c1-23-13-12-20-17-19-11-9-15(21-17)16(22)18-10-5-8-14-6-3-2-4-7-14/h2-4,6-7,9,11H,5,8,10,12-13H2,1H3,(H,18,22)(H,19,20,21). The highest BCUT2D eigenvalue weighted by Gasteiger charge is 2.08. The molecule has 0 aliphatic rings. The van der Waals surface area contributed by atoms with Gasteiger partial charge in [0.2, 0.25) is 5.95 Å². The van der Waals surface area contributed by atoms with E-state index in [1.807, 2.05) is 18.2 Å². The molecule has 2 N–H and O–H groups in total. The molecule has 0 saturated heterocycles. The van der Waals surface area contributed by atoms with Crippen LogP contribution in [0.2, 0.25) is 0 Å². The van der Waals surface area contributed by atoms with Gasteiger partial charge in [-0.2, -0.15) is 0 Å². The number of anilines is 1. The summed E-state index contributed by atoms with van der Waals surface area (Å²) in [4.78, 5) is 20.3. The number of benzene rings is 1. The van der Waals surface area contributed by atoms with Crippen molar-refractivity contribution in [2.45, 2.75) is 12.8 Å². The fourth-order valence-electron chi connectivity index (χ4n) is 2.06. The Morgan fingerprint density at radius 2 is 2.00 bits per heavy atom. The van der Waals surface area contributed by atoms with Crippen molar-refractivity contribution < 1.29 is 9.53 Å². The number of rotatable bonds is 9. The number of nitrogens with zero attached hydrogens (tertiary/aromatic N) is 2. The quantitative estimate of drug-likeness (QED) is 0.691. The summed E-state index contributed by atoms with van der Waals surface area (Å²) in [7, 11) is 1.63. The summed E-state index contributed by atoms with van der Waals surface area (Å²) in [6, 6.07) is 11.8. The molecule has 6 nitrogen and oxygen atoms in total. The largest absolute Gasteiger partial charge is 0.383 e. The van der Waals surface area contributed by atoms with Gasteiger partial charge >= 0.3 is 0 Å². The average molecular weight is 314 g/mol. The fraction of sp³-hybridized carbons (Fsp3) is 0.353. The van der Waals surface area contributed by atoms with E-state index in [2.05, 4.69) is 32.7 Å². The van der Waals surface area contributed by atoms with Crippen LogP contribution in [0.1, 0.15) is 22.5 Å². The van der Waals surface area contributed by atoms with Gasteiger partial charge in [-0.1, -0.05) is 30.3 Å². The Morgan fingerprint density at radius 1 is 1.17 bits per heavy atom. The SMILES string of the molecule is COCCNc1nccc(C(=O)NCCCc2ccccc2)n1. The molecular formula is C17H22N4O2. The molecule has 0 unspecified atom stereocenters. The number of methoxy groups -OCH3 is 1. The third kappa shape index (κ3) is 6.04. The molecule has 23 heavy (non-hydrogen) atoms. The smallest absolute Gasteiger partial charge is 0.270 e. The van der Waals surface area contributed by atoms with Gasteiger partial charge in [0.15, 0.2) is 0 Å². The molecule has 2 aromatic rings. The molecular weight excluding hydrogens is 292 g/mol. The number of hydrogen-bond donors (Lipinski definition) is 2. The minimum absolute atomic E-state index is 0.185. The third-order valence-electron chi connectivity index (χ3n) is 3.25. The number of ether oxygens (including phenoxy) is 1. The number of amides is 1. The van der Waals surface area contributed by atoms with Gasteiger partial charge < -0.3 is 15.4 Å². The van der Waals surface area contributed by atoms with Gasteiger partial charge in [0.05, 0.1) is 6.61 Å². The lowest BCUT2D eigenvalue weighted by Crippen LogP contribution is -2.26. The second-order valence-corrected chi connectivity index (χ2v) is 5.03. The lowest BCUT2D eigenvalue weighted by molar-refractivity contribution is 0.0948. The van der Waals surface area contributed by atoms with Crippen LogP contribution < -0.4 is 10.6 Å². The zero-order chi connectivity index (χ0) is 16.3. The maximum atomic E-state index is 12.1. The van der Waals surface area contributed by atoms with Gasteiger partial charge in [-0.15, -0.1) is 0 Å². The summed E-state index contributed by atoms with van der Waals surface area (Å²) < 4.78 is 4.95. The van der Waals surface area contributed by atoms with Crippen molar-refractivity contribution in [3.63, 3.8) is 0 Å². The van der Waals surface area contributed by atoms with E-state index < -0.39 is 0 Å². The molecule has 0 spiro atoms. The zero-order valence-corrected chi connectivity index (χ0v) is 13.3. The number of nitrogens with one attached hydrogen (secondary N) is 2. The highest BCUT2D eigenvalue weighted by atomic mass is 16.5. The van der Waals surface area contributed by atoms with Crippen LogP contribution >= 0.6 is 0 Å².